The van der Waals surface area contributed by atoms with E-state index < -0.39 is 41.9 Å². The maximum Gasteiger partial charge on any atom is 0.328 e. The number of alkyl halides is 1. The first-order chi connectivity index (χ1) is 21.6. The number of aliphatic carboxylic acids is 1. The first kappa shape index (κ1) is 42.8. The van der Waals surface area contributed by atoms with Gasteiger partial charge in [0.25, 0.3) is 0 Å². The zero-order chi connectivity index (χ0) is 33.7. The van der Waals surface area contributed by atoms with Crippen LogP contribution in [0.5, 0.6) is 0 Å². The zero-order valence-corrected chi connectivity index (χ0v) is 29.9. The molecule has 0 aromatic carbocycles. The Morgan fingerprint density at radius 1 is 0.622 bits per heavy atom. The molecule has 0 spiro atoms. The topological polar surface area (TPSA) is 151 Å². The Bertz CT molecular complexity index is 828. The molecular weight excluding hydrogens is 642 g/mol. The van der Waals surface area contributed by atoms with E-state index in [2.05, 4.69) is 38.8 Å². The summed E-state index contributed by atoms with van der Waals surface area (Å²) in [6.07, 6.45) is 20.2. The van der Waals surface area contributed by atoms with Crippen molar-refractivity contribution in [2.24, 2.45) is 0 Å². The second-order valence-corrected chi connectivity index (χ2v) is 12.9. The number of halogens is 1. The zero-order valence-electron chi connectivity index (χ0n) is 28.3. The fourth-order valence-corrected chi connectivity index (χ4v) is 5.30. The number of amides is 3. The van der Waals surface area contributed by atoms with Crippen molar-refractivity contribution in [1.29, 1.82) is 0 Å². The molecule has 11 heteroatoms. The monoisotopic (exact) mass is 703 g/mol. The Morgan fingerprint density at radius 2 is 1.09 bits per heavy atom. The van der Waals surface area contributed by atoms with Gasteiger partial charge in [0, 0.05) is 18.2 Å². The summed E-state index contributed by atoms with van der Waals surface area (Å²) in [5.74, 6) is -3.16. The third kappa shape index (κ3) is 25.7. The van der Waals surface area contributed by atoms with Crippen LogP contribution in [0.25, 0.3) is 0 Å². The van der Waals surface area contributed by atoms with E-state index in [0.29, 0.717) is 12.8 Å². The van der Waals surface area contributed by atoms with Crippen LogP contribution in [0.15, 0.2) is 0 Å². The van der Waals surface area contributed by atoms with Gasteiger partial charge in [-0.05, 0) is 39.5 Å². The molecule has 262 valence electrons. The molecule has 3 atom stereocenters. The highest BCUT2D eigenvalue weighted by Crippen LogP contribution is 2.12. The van der Waals surface area contributed by atoms with Gasteiger partial charge < -0.3 is 25.8 Å². The number of hydrogen-bond acceptors (Lipinski definition) is 6. The Kier molecular flexibility index (Phi) is 27.8. The molecule has 0 rings (SSSR count). The number of esters is 1. The number of carbonyl (C=O) groups is 5. The summed E-state index contributed by atoms with van der Waals surface area (Å²) in [4.78, 5) is 61.4. The highest BCUT2D eigenvalue weighted by Gasteiger charge is 2.27. The number of ether oxygens (including phenoxy) is 1. The van der Waals surface area contributed by atoms with E-state index in [0.717, 1.165) is 50.3 Å². The lowest BCUT2D eigenvalue weighted by Gasteiger charge is -2.21. The van der Waals surface area contributed by atoms with E-state index in [-0.39, 0.29) is 25.4 Å². The maximum absolute atomic E-state index is 12.8. The van der Waals surface area contributed by atoms with Crippen molar-refractivity contribution in [3.63, 3.8) is 0 Å². The summed E-state index contributed by atoms with van der Waals surface area (Å²) in [7, 11) is 0. The van der Waals surface area contributed by atoms with Gasteiger partial charge in [0.2, 0.25) is 17.7 Å². The number of carboxylic acids is 1. The van der Waals surface area contributed by atoms with Gasteiger partial charge in [-0.1, -0.05) is 119 Å². The Labute approximate surface area is 280 Å². The Balaban J connectivity index is 4.41. The van der Waals surface area contributed by atoms with Crippen molar-refractivity contribution in [1.82, 2.24) is 16.0 Å². The normalized spacial score (nSPS) is 13.0. The number of hydrogen-bond donors (Lipinski definition) is 4. The van der Waals surface area contributed by atoms with Crippen molar-refractivity contribution in [2.75, 3.05) is 11.9 Å². The fraction of sp³-hybridized carbons (Fsp3) is 0.853. The number of rotatable bonds is 30. The van der Waals surface area contributed by atoms with Gasteiger partial charge in [0.05, 0.1) is 6.61 Å². The van der Waals surface area contributed by atoms with Gasteiger partial charge >= 0.3 is 11.9 Å². The van der Waals surface area contributed by atoms with Crippen molar-refractivity contribution < 1.29 is 33.8 Å². The predicted octanol–water partition coefficient (Wildman–Crippen LogP) is 6.72. The van der Waals surface area contributed by atoms with Gasteiger partial charge in [0.15, 0.2) is 0 Å². The molecule has 3 amide bonds. The molecule has 0 saturated heterocycles. The molecule has 0 aromatic rings. The van der Waals surface area contributed by atoms with Crippen LogP contribution in [0.2, 0.25) is 0 Å². The van der Waals surface area contributed by atoms with Gasteiger partial charge in [-0.15, -0.1) is 0 Å². The van der Waals surface area contributed by atoms with Gasteiger partial charge in [-0.25, -0.2) is 4.79 Å². The van der Waals surface area contributed by atoms with Crippen molar-refractivity contribution in [3.8, 4) is 0 Å². The minimum absolute atomic E-state index is 0.123. The van der Waals surface area contributed by atoms with Crippen LogP contribution in [0.4, 0.5) is 0 Å². The van der Waals surface area contributed by atoms with Crippen LogP contribution >= 0.6 is 15.9 Å². The van der Waals surface area contributed by atoms with Crippen LogP contribution < -0.4 is 16.0 Å². The lowest BCUT2D eigenvalue weighted by atomic mass is 10.1. The summed E-state index contributed by atoms with van der Waals surface area (Å²) < 4.78 is 5.34. The molecule has 0 saturated carbocycles. The summed E-state index contributed by atoms with van der Waals surface area (Å²) in [5, 5.41) is 17.9. The fourth-order valence-electron chi connectivity index (χ4n) is 4.90. The first-order valence-corrected chi connectivity index (χ1v) is 18.6. The lowest BCUT2D eigenvalue weighted by Crippen LogP contribution is -2.54. The molecule has 0 aliphatic carbocycles. The van der Waals surface area contributed by atoms with Gasteiger partial charge in [0.1, 0.15) is 18.1 Å². The van der Waals surface area contributed by atoms with Crippen LogP contribution in [0.1, 0.15) is 156 Å². The highest BCUT2D eigenvalue weighted by atomic mass is 79.9. The first-order valence-electron chi connectivity index (χ1n) is 17.5. The van der Waals surface area contributed by atoms with Crippen LogP contribution in [0.3, 0.4) is 0 Å². The van der Waals surface area contributed by atoms with Crippen LogP contribution in [-0.4, -0.2) is 64.8 Å². The van der Waals surface area contributed by atoms with Crippen LogP contribution in [0, 0.1) is 0 Å². The van der Waals surface area contributed by atoms with Crippen LogP contribution in [-0.2, 0) is 28.7 Å². The minimum atomic E-state index is -1.14. The SMILES string of the molecule is CCCCCCCCCCCCOC(=O)[C@H](CCC(=O)O)NC(=O)[C@H](C)NC(=O)[C@H](C)NC(=O)CCCCCCCCCCBr. The summed E-state index contributed by atoms with van der Waals surface area (Å²) in [5.41, 5.74) is 0. The molecule has 0 radical (unpaired) electrons. The number of nitrogens with one attached hydrogen (secondary N) is 3. The quantitative estimate of drug-likeness (QED) is 0.0369. The number of carboxylic acid groups (broad SMARTS) is 1. The lowest BCUT2D eigenvalue weighted by molar-refractivity contribution is -0.149. The van der Waals surface area contributed by atoms with Gasteiger partial charge in [-0.2, -0.15) is 0 Å². The predicted molar refractivity (Wildman–Crippen MR) is 182 cm³/mol. The summed E-state index contributed by atoms with van der Waals surface area (Å²) in [6.45, 7) is 5.42. The number of carbonyl (C=O) groups excluding carboxylic acids is 4. The average Bonchev–Trinajstić information content (AvgIpc) is 3.00. The molecule has 0 aromatic heterocycles. The molecule has 0 bridgehead atoms. The molecule has 0 fully saturated rings. The molecule has 0 unspecified atom stereocenters. The molecule has 0 heterocycles. The third-order valence-electron chi connectivity index (χ3n) is 7.80. The van der Waals surface area contributed by atoms with E-state index in [1.165, 1.54) is 71.1 Å². The summed E-state index contributed by atoms with van der Waals surface area (Å²) in [6, 6.07) is -2.98. The molecule has 4 N–H and O–H groups in total. The molecule has 0 aliphatic rings. The smallest absolute Gasteiger partial charge is 0.328 e. The maximum atomic E-state index is 12.8. The Morgan fingerprint density at radius 3 is 1.62 bits per heavy atom. The molecule has 10 nitrogen and oxygen atoms in total. The highest BCUT2D eigenvalue weighted by molar-refractivity contribution is 9.09. The average molecular weight is 705 g/mol. The summed E-state index contributed by atoms with van der Waals surface area (Å²) >= 11 is 3.44. The van der Waals surface area contributed by atoms with Crippen molar-refractivity contribution in [2.45, 2.75) is 174 Å². The minimum Gasteiger partial charge on any atom is -0.481 e. The van der Waals surface area contributed by atoms with E-state index in [1.807, 2.05) is 0 Å². The number of unbranched alkanes of at least 4 members (excludes halogenated alkanes) is 16. The second-order valence-electron chi connectivity index (χ2n) is 12.1. The standard InChI is InChI=1S/C34H62BrN3O7/c1-4-5-6-7-8-9-12-15-18-21-26-45-34(44)29(23-24-31(40)41)38-33(43)28(3)37-32(42)27(2)36-30(39)22-19-16-13-10-11-14-17-20-25-35/h27-29H,4-26H2,1-3H3,(H,36,39)(H,37,42)(H,38,43)(H,40,41)/t27-,28-,29-/m0/s1. The van der Waals surface area contributed by atoms with E-state index in [4.69, 9.17) is 9.84 Å². The van der Waals surface area contributed by atoms with E-state index >= 15 is 0 Å². The molecule has 0 aliphatic heterocycles. The Hall–Kier alpha value is -2.17. The van der Waals surface area contributed by atoms with Crippen molar-refractivity contribution in [3.05, 3.63) is 0 Å². The van der Waals surface area contributed by atoms with E-state index in [1.54, 1.807) is 6.92 Å². The largest absolute Gasteiger partial charge is 0.481 e. The third-order valence-corrected chi connectivity index (χ3v) is 8.36. The van der Waals surface area contributed by atoms with E-state index in [9.17, 15) is 24.0 Å². The molecule has 45 heavy (non-hydrogen) atoms. The molecular formula is C34H62BrN3O7. The van der Waals surface area contributed by atoms with Gasteiger partial charge in [-0.3, -0.25) is 19.2 Å². The second kappa shape index (κ2) is 29.2. The van der Waals surface area contributed by atoms with Crippen molar-refractivity contribution >= 4 is 45.6 Å².